The molecule has 4 aliphatic carbocycles. The minimum absolute atomic E-state index is 0.116. The first-order chi connectivity index (χ1) is 14.5. The van der Waals surface area contributed by atoms with Crippen LogP contribution in [0.15, 0.2) is 0 Å². The molecule has 0 aromatic carbocycles. The number of ether oxygens (including phenoxy) is 1. The van der Waals surface area contributed by atoms with Gasteiger partial charge < -0.3 is 9.84 Å². The second kappa shape index (κ2) is 7.13. The zero-order valence-corrected chi connectivity index (χ0v) is 20.2. The van der Waals surface area contributed by atoms with Crippen molar-refractivity contribution in [1.82, 2.24) is 0 Å². The molecule has 5 rings (SSSR count). The normalized spacial score (nSPS) is 52.6. The van der Waals surface area contributed by atoms with Gasteiger partial charge in [-0.25, -0.2) is 0 Å². The zero-order chi connectivity index (χ0) is 22.3. The SMILES string of the molecule is CC1C(=O)CCC2(C)C1CCC1(C)C3CCC(C4CCC(C(C)(C)O)O4)C3C(=O)CC21. The van der Waals surface area contributed by atoms with Crippen molar-refractivity contribution in [3.8, 4) is 0 Å². The van der Waals surface area contributed by atoms with Crippen molar-refractivity contribution in [3.63, 3.8) is 0 Å². The van der Waals surface area contributed by atoms with E-state index in [1.807, 2.05) is 13.8 Å². The van der Waals surface area contributed by atoms with Gasteiger partial charge in [0.05, 0.1) is 17.8 Å². The number of hydrogen-bond donors (Lipinski definition) is 1. The van der Waals surface area contributed by atoms with Gasteiger partial charge in [-0.15, -0.1) is 0 Å². The molecule has 174 valence electrons. The summed E-state index contributed by atoms with van der Waals surface area (Å²) in [6.07, 6.45) is 8.74. The zero-order valence-electron chi connectivity index (χ0n) is 20.2. The molecule has 0 aromatic rings. The van der Waals surface area contributed by atoms with Gasteiger partial charge in [-0.2, -0.15) is 0 Å². The average molecular weight is 431 g/mol. The van der Waals surface area contributed by atoms with E-state index in [4.69, 9.17) is 4.74 Å². The second-order valence-corrected chi connectivity index (χ2v) is 12.9. The lowest BCUT2D eigenvalue weighted by atomic mass is 9.40. The van der Waals surface area contributed by atoms with E-state index in [1.165, 1.54) is 0 Å². The molecular formula is C27H42O4. The van der Waals surface area contributed by atoms with Crippen LogP contribution in [0.5, 0.6) is 0 Å². The lowest BCUT2D eigenvalue weighted by Crippen LogP contribution is -2.60. The molecule has 10 atom stereocenters. The molecule has 10 unspecified atom stereocenters. The molecule has 31 heavy (non-hydrogen) atoms. The largest absolute Gasteiger partial charge is 0.388 e. The summed E-state index contributed by atoms with van der Waals surface area (Å²) in [5.41, 5.74) is -0.496. The van der Waals surface area contributed by atoms with E-state index in [9.17, 15) is 14.7 Å². The lowest BCUT2D eigenvalue weighted by molar-refractivity contribution is -0.174. The average Bonchev–Trinajstić information content (AvgIpc) is 3.34. The summed E-state index contributed by atoms with van der Waals surface area (Å²) in [6.45, 7) is 10.7. The van der Waals surface area contributed by atoms with E-state index in [2.05, 4.69) is 20.8 Å². The van der Waals surface area contributed by atoms with Crippen molar-refractivity contribution in [2.75, 3.05) is 0 Å². The first kappa shape index (κ1) is 22.1. The number of fused-ring (bicyclic) bond motifs is 5. The third-order valence-corrected chi connectivity index (χ3v) is 11.1. The van der Waals surface area contributed by atoms with Crippen molar-refractivity contribution < 1.29 is 19.4 Å². The van der Waals surface area contributed by atoms with Gasteiger partial charge in [0, 0.05) is 24.7 Å². The van der Waals surface area contributed by atoms with Crippen molar-refractivity contribution >= 4 is 11.6 Å². The third-order valence-electron chi connectivity index (χ3n) is 11.1. The summed E-state index contributed by atoms with van der Waals surface area (Å²) >= 11 is 0. The highest BCUT2D eigenvalue weighted by atomic mass is 16.5. The van der Waals surface area contributed by atoms with Crippen LogP contribution in [-0.4, -0.2) is 34.5 Å². The number of ketones is 2. The maximum atomic E-state index is 13.7. The molecular weight excluding hydrogens is 388 g/mol. The van der Waals surface area contributed by atoms with E-state index >= 15 is 0 Å². The Morgan fingerprint density at radius 1 is 0.935 bits per heavy atom. The Bertz CT molecular complexity index is 768. The number of aliphatic hydroxyl groups is 1. The molecule has 4 nitrogen and oxygen atoms in total. The molecule has 4 saturated carbocycles. The number of rotatable bonds is 2. The van der Waals surface area contributed by atoms with Crippen LogP contribution in [-0.2, 0) is 14.3 Å². The highest BCUT2D eigenvalue weighted by Gasteiger charge is 2.65. The molecule has 1 heterocycles. The molecule has 5 aliphatic rings. The van der Waals surface area contributed by atoms with E-state index in [0.29, 0.717) is 48.1 Å². The molecule has 0 radical (unpaired) electrons. The van der Waals surface area contributed by atoms with Gasteiger partial charge in [-0.05, 0) is 93.3 Å². The maximum Gasteiger partial charge on any atom is 0.136 e. The third kappa shape index (κ3) is 3.14. The van der Waals surface area contributed by atoms with Crippen LogP contribution >= 0.6 is 0 Å². The van der Waals surface area contributed by atoms with E-state index < -0.39 is 5.60 Å². The fourth-order valence-corrected chi connectivity index (χ4v) is 9.40. The summed E-state index contributed by atoms with van der Waals surface area (Å²) < 4.78 is 6.37. The molecule has 5 fully saturated rings. The quantitative estimate of drug-likeness (QED) is 0.673. The highest BCUT2D eigenvalue weighted by Crippen LogP contribution is 2.69. The van der Waals surface area contributed by atoms with E-state index in [-0.39, 0.29) is 34.9 Å². The fraction of sp³-hybridized carbons (Fsp3) is 0.926. The van der Waals surface area contributed by atoms with Crippen molar-refractivity contribution in [1.29, 1.82) is 0 Å². The smallest absolute Gasteiger partial charge is 0.136 e. The summed E-state index contributed by atoms with van der Waals surface area (Å²) in [5.74, 6) is 2.82. The summed E-state index contributed by atoms with van der Waals surface area (Å²) in [5, 5.41) is 10.4. The van der Waals surface area contributed by atoms with Gasteiger partial charge in [0.1, 0.15) is 11.6 Å². The van der Waals surface area contributed by atoms with Crippen molar-refractivity contribution in [2.24, 2.45) is 46.3 Å². The number of Topliss-reactive ketones (excluding diaryl/α,β-unsaturated/α-hetero) is 2. The highest BCUT2D eigenvalue weighted by molar-refractivity contribution is 5.84. The molecule has 1 aliphatic heterocycles. The molecule has 0 spiro atoms. The monoisotopic (exact) mass is 430 g/mol. The Kier molecular flexibility index (Phi) is 5.07. The van der Waals surface area contributed by atoms with Gasteiger partial charge in [0.25, 0.3) is 0 Å². The predicted octanol–water partition coefficient (Wildman–Crippen LogP) is 4.96. The molecule has 0 amide bonds. The minimum Gasteiger partial charge on any atom is -0.388 e. The van der Waals surface area contributed by atoms with Crippen LogP contribution in [0.1, 0.15) is 92.4 Å². The number of carbonyl (C=O) groups excluding carboxylic acids is 2. The van der Waals surface area contributed by atoms with Gasteiger partial charge in [-0.3, -0.25) is 9.59 Å². The van der Waals surface area contributed by atoms with E-state index in [1.54, 1.807) is 0 Å². The van der Waals surface area contributed by atoms with Gasteiger partial charge in [-0.1, -0.05) is 20.8 Å². The van der Waals surface area contributed by atoms with Crippen LogP contribution in [0.2, 0.25) is 0 Å². The van der Waals surface area contributed by atoms with Crippen LogP contribution < -0.4 is 0 Å². The van der Waals surface area contributed by atoms with Crippen LogP contribution in [0.4, 0.5) is 0 Å². The minimum atomic E-state index is -0.817. The Hall–Kier alpha value is -0.740. The molecule has 1 N–H and O–H groups in total. The summed E-state index contributed by atoms with van der Waals surface area (Å²) in [6, 6.07) is 0. The molecule has 0 bridgehead atoms. The number of carbonyl (C=O) groups is 2. The molecule has 0 aromatic heterocycles. The predicted molar refractivity (Wildman–Crippen MR) is 119 cm³/mol. The van der Waals surface area contributed by atoms with Crippen LogP contribution in [0, 0.1) is 46.3 Å². The maximum absolute atomic E-state index is 13.7. The lowest BCUT2D eigenvalue weighted by Gasteiger charge is -2.63. The topological polar surface area (TPSA) is 63.6 Å². The first-order valence-corrected chi connectivity index (χ1v) is 12.9. The molecule has 1 saturated heterocycles. The van der Waals surface area contributed by atoms with Gasteiger partial charge >= 0.3 is 0 Å². The van der Waals surface area contributed by atoms with E-state index in [0.717, 1.165) is 44.9 Å². The number of hydrogen-bond acceptors (Lipinski definition) is 4. The molecule has 4 heteroatoms. The van der Waals surface area contributed by atoms with Gasteiger partial charge in [0.2, 0.25) is 0 Å². The Balaban J connectivity index is 1.40. The first-order valence-electron chi connectivity index (χ1n) is 12.9. The Morgan fingerprint density at radius 3 is 2.32 bits per heavy atom. The Morgan fingerprint density at radius 2 is 1.65 bits per heavy atom. The van der Waals surface area contributed by atoms with Crippen molar-refractivity contribution in [2.45, 2.75) is 110 Å². The Labute approximate surface area is 187 Å². The van der Waals surface area contributed by atoms with Crippen LogP contribution in [0.3, 0.4) is 0 Å². The fourth-order valence-electron chi connectivity index (χ4n) is 9.40. The van der Waals surface area contributed by atoms with Crippen LogP contribution in [0.25, 0.3) is 0 Å². The van der Waals surface area contributed by atoms with Gasteiger partial charge in [0.15, 0.2) is 0 Å². The van der Waals surface area contributed by atoms with Crippen molar-refractivity contribution in [3.05, 3.63) is 0 Å². The standard InChI is InChI=1S/C27H42O4/c1-15-17-10-12-27(5)18-7-6-16(21-8-9-23(31-21)25(2,3)30)24(18)20(29)14-22(27)26(17,4)13-11-19(15)28/h15-18,21-24,30H,6-14H2,1-5H3. The second-order valence-electron chi connectivity index (χ2n) is 12.9. The summed E-state index contributed by atoms with van der Waals surface area (Å²) in [4.78, 5) is 26.2. The summed E-state index contributed by atoms with van der Waals surface area (Å²) in [7, 11) is 0.